The van der Waals surface area contributed by atoms with Crippen molar-refractivity contribution in [1.82, 2.24) is 5.32 Å². The van der Waals surface area contributed by atoms with Crippen LogP contribution in [-0.2, 0) is 0 Å². The quantitative estimate of drug-likeness (QED) is 0.616. The van der Waals surface area contributed by atoms with Crippen LogP contribution in [0.5, 0.6) is 0 Å². The molecule has 0 amide bonds. The van der Waals surface area contributed by atoms with Crippen LogP contribution in [0.4, 0.5) is 4.39 Å². The number of nitrogens with one attached hydrogen (secondary N) is 1. The van der Waals surface area contributed by atoms with Gasteiger partial charge in [0.25, 0.3) is 0 Å². The van der Waals surface area contributed by atoms with Crippen molar-refractivity contribution in [2.75, 3.05) is 19.8 Å². The van der Waals surface area contributed by atoms with Crippen LogP contribution in [0.2, 0.25) is 0 Å². The second-order valence-corrected chi connectivity index (χ2v) is 3.65. The van der Waals surface area contributed by atoms with Crippen LogP contribution >= 0.6 is 0 Å². The molecule has 0 aromatic heterocycles. The molecule has 1 rings (SSSR count). The van der Waals surface area contributed by atoms with E-state index in [1.165, 1.54) is 0 Å². The number of hydrogen-bond donors (Lipinski definition) is 2. The maximum Gasteiger partial charge on any atom is 0.0906 e. The highest BCUT2D eigenvalue weighted by Crippen LogP contribution is 2.28. The number of alkyl halides is 1. The standard InChI is InChI=1S/C9H18FNO/c10-6-3-7-11-8-9(12)4-1-2-5-9/h11-12H,1-8H2. The summed E-state index contributed by atoms with van der Waals surface area (Å²) in [5.41, 5.74) is -0.490. The molecule has 1 fully saturated rings. The third kappa shape index (κ3) is 3.07. The zero-order chi connectivity index (χ0) is 8.86. The van der Waals surface area contributed by atoms with Gasteiger partial charge >= 0.3 is 0 Å². The van der Waals surface area contributed by atoms with Crippen molar-refractivity contribution in [3.8, 4) is 0 Å². The fourth-order valence-corrected chi connectivity index (χ4v) is 1.72. The summed E-state index contributed by atoms with van der Waals surface area (Å²) in [4.78, 5) is 0. The van der Waals surface area contributed by atoms with E-state index in [4.69, 9.17) is 0 Å². The summed E-state index contributed by atoms with van der Waals surface area (Å²) < 4.78 is 11.7. The van der Waals surface area contributed by atoms with E-state index in [1.54, 1.807) is 0 Å². The molecule has 0 radical (unpaired) electrons. The van der Waals surface area contributed by atoms with E-state index < -0.39 is 5.60 Å². The Hall–Kier alpha value is -0.150. The molecule has 2 nitrogen and oxygen atoms in total. The minimum absolute atomic E-state index is 0.272. The van der Waals surface area contributed by atoms with Gasteiger partial charge in [0, 0.05) is 6.54 Å². The van der Waals surface area contributed by atoms with Gasteiger partial charge in [0.2, 0.25) is 0 Å². The van der Waals surface area contributed by atoms with Gasteiger partial charge < -0.3 is 10.4 Å². The fourth-order valence-electron chi connectivity index (χ4n) is 1.72. The Morgan fingerprint density at radius 1 is 1.33 bits per heavy atom. The van der Waals surface area contributed by atoms with Gasteiger partial charge in [-0.3, -0.25) is 4.39 Å². The summed E-state index contributed by atoms with van der Waals surface area (Å²) in [6.07, 6.45) is 4.60. The molecule has 0 unspecified atom stereocenters. The zero-order valence-electron chi connectivity index (χ0n) is 7.48. The summed E-state index contributed by atoms with van der Waals surface area (Å²) in [6, 6.07) is 0. The number of rotatable bonds is 5. The molecule has 0 saturated heterocycles. The lowest BCUT2D eigenvalue weighted by Crippen LogP contribution is -2.38. The molecule has 0 bridgehead atoms. The molecule has 0 spiro atoms. The molecule has 0 aliphatic heterocycles. The largest absolute Gasteiger partial charge is 0.389 e. The molecule has 0 aromatic rings. The first kappa shape index (κ1) is 9.93. The minimum Gasteiger partial charge on any atom is -0.389 e. The minimum atomic E-state index is -0.490. The molecule has 0 atom stereocenters. The van der Waals surface area contributed by atoms with Gasteiger partial charge in [0.1, 0.15) is 0 Å². The van der Waals surface area contributed by atoms with Crippen LogP contribution in [0.3, 0.4) is 0 Å². The second-order valence-electron chi connectivity index (χ2n) is 3.65. The molecule has 0 aromatic carbocycles. The maximum absolute atomic E-state index is 11.7. The Morgan fingerprint density at radius 2 is 2.00 bits per heavy atom. The lowest BCUT2D eigenvalue weighted by Gasteiger charge is -2.22. The third-order valence-electron chi connectivity index (χ3n) is 2.48. The van der Waals surface area contributed by atoms with Gasteiger partial charge in [0.05, 0.1) is 12.3 Å². The molecule has 72 valence electrons. The first-order valence-electron chi connectivity index (χ1n) is 4.76. The van der Waals surface area contributed by atoms with E-state index in [0.717, 1.165) is 25.7 Å². The molecule has 0 heterocycles. The number of hydrogen-bond acceptors (Lipinski definition) is 2. The van der Waals surface area contributed by atoms with Crippen molar-refractivity contribution in [3.63, 3.8) is 0 Å². The van der Waals surface area contributed by atoms with Crippen molar-refractivity contribution in [2.45, 2.75) is 37.7 Å². The van der Waals surface area contributed by atoms with Crippen LogP contribution in [0.15, 0.2) is 0 Å². The first-order valence-corrected chi connectivity index (χ1v) is 4.76. The average molecular weight is 175 g/mol. The summed E-state index contributed by atoms with van der Waals surface area (Å²) in [6.45, 7) is 1.04. The Morgan fingerprint density at radius 3 is 2.58 bits per heavy atom. The monoisotopic (exact) mass is 175 g/mol. The summed E-state index contributed by atoms with van der Waals surface area (Å²) in [7, 11) is 0. The molecule has 2 N–H and O–H groups in total. The lowest BCUT2D eigenvalue weighted by atomic mass is 10.0. The van der Waals surface area contributed by atoms with Crippen molar-refractivity contribution >= 4 is 0 Å². The van der Waals surface area contributed by atoms with E-state index in [0.29, 0.717) is 19.5 Å². The Balaban J connectivity index is 2.05. The van der Waals surface area contributed by atoms with Gasteiger partial charge in [-0.15, -0.1) is 0 Å². The highest BCUT2D eigenvalue weighted by molar-refractivity contribution is 4.85. The SMILES string of the molecule is OC1(CNCCCF)CCCC1. The molecule has 3 heteroatoms. The summed E-state index contributed by atoms with van der Waals surface area (Å²) >= 11 is 0. The van der Waals surface area contributed by atoms with Crippen LogP contribution in [0.1, 0.15) is 32.1 Å². The fraction of sp³-hybridized carbons (Fsp3) is 1.00. The van der Waals surface area contributed by atoms with Gasteiger partial charge in [-0.05, 0) is 25.8 Å². The summed E-state index contributed by atoms with van der Waals surface area (Å²) in [5, 5.41) is 12.9. The van der Waals surface area contributed by atoms with Gasteiger partial charge in [-0.25, -0.2) is 0 Å². The van der Waals surface area contributed by atoms with Gasteiger partial charge in [-0.2, -0.15) is 0 Å². The smallest absolute Gasteiger partial charge is 0.0906 e. The van der Waals surface area contributed by atoms with E-state index in [2.05, 4.69) is 5.32 Å². The molecule has 1 aliphatic carbocycles. The first-order chi connectivity index (χ1) is 5.77. The van der Waals surface area contributed by atoms with E-state index >= 15 is 0 Å². The Bertz CT molecular complexity index is 124. The number of halogens is 1. The van der Waals surface area contributed by atoms with Crippen molar-refractivity contribution in [1.29, 1.82) is 0 Å². The Labute approximate surface area is 73.2 Å². The second kappa shape index (κ2) is 4.77. The molecule has 1 aliphatic rings. The topological polar surface area (TPSA) is 32.3 Å². The number of aliphatic hydroxyl groups is 1. The van der Waals surface area contributed by atoms with Crippen molar-refractivity contribution < 1.29 is 9.50 Å². The van der Waals surface area contributed by atoms with Crippen LogP contribution in [0, 0.1) is 0 Å². The summed E-state index contributed by atoms with van der Waals surface area (Å²) in [5.74, 6) is 0. The van der Waals surface area contributed by atoms with Crippen LogP contribution < -0.4 is 5.32 Å². The van der Waals surface area contributed by atoms with Crippen molar-refractivity contribution in [2.24, 2.45) is 0 Å². The van der Waals surface area contributed by atoms with E-state index in [9.17, 15) is 9.50 Å². The zero-order valence-corrected chi connectivity index (χ0v) is 7.48. The lowest BCUT2D eigenvalue weighted by molar-refractivity contribution is 0.0478. The van der Waals surface area contributed by atoms with Gasteiger partial charge in [-0.1, -0.05) is 12.8 Å². The molecule has 12 heavy (non-hydrogen) atoms. The normalized spacial score (nSPS) is 21.5. The molecular weight excluding hydrogens is 157 g/mol. The van der Waals surface area contributed by atoms with Crippen LogP contribution in [0.25, 0.3) is 0 Å². The van der Waals surface area contributed by atoms with Gasteiger partial charge in [0.15, 0.2) is 0 Å². The molecule has 1 saturated carbocycles. The van der Waals surface area contributed by atoms with Crippen LogP contribution in [-0.4, -0.2) is 30.5 Å². The molecular formula is C9H18FNO. The van der Waals surface area contributed by atoms with E-state index in [-0.39, 0.29) is 6.67 Å². The maximum atomic E-state index is 11.7. The third-order valence-corrected chi connectivity index (χ3v) is 2.48. The van der Waals surface area contributed by atoms with Crippen molar-refractivity contribution in [3.05, 3.63) is 0 Å². The Kier molecular flexibility index (Phi) is 3.95. The highest BCUT2D eigenvalue weighted by Gasteiger charge is 2.30. The highest BCUT2D eigenvalue weighted by atomic mass is 19.1. The van der Waals surface area contributed by atoms with E-state index in [1.807, 2.05) is 0 Å². The predicted octanol–water partition coefficient (Wildman–Crippen LogP) is 1.24. The average Bonchev–Trinajstić information content (AvgIpc) is 2.47. The predicted molar refractivity (Wildman–Crippen MR) is 46.9 cm³/mol.